The molecule has 2 aliphatic rings. The minimum atomic E-state index is 0.889. The SMILES string of the molecule is [AlH2][C@]12CNC[C@H]1C2. The Morgan fingerprint density at radius 3 is 2.71 bits per heavy atom. The summed E-state index contributed by atoms with van der Waals surface area (Å²) in [5.41, 5.74) is 0. The molecule has 2 rings (SSSR count). The maximum atomic E-state index is 3.40. The summed E-state index contributed by atoms with van der Waals surface area (Å²) in [6.07, 6.45) is 1.55. The van der Waals surface area contributed by atoms with Gasteiger partial charge >= 0.3 is 0 Å². The van der Waals surface area contributed by atoms with Crippen molar-refractivity contribution in [1.82, 2.24) is 5.32 Å². The first-order chi connectivity index (χ1) is 3.31. The van der Waals surface area contributed by atoms with E-state index in [0.717, 1.165) is 10.2 Å². The van der Waals surface area contributed by atoms with E-state index in [0.29, 0.717) is 0 Å². The van der Waals surface area contributed by atoms with E-state index in [1.54, 1.807) is 6.42 Å². The molecule has 1 nitrogen and oxygen atoms in total. The van der Waals surface area contributed by atoms with Gasteiger partial charge in [-0.3, -0.25) is 0 Å². The molecule has 2 fully saturated rings. The fraction of sp³-hybridized carbons (Fsp3) is 1.00. The average molecular weight is 111 g/mol. The minimum Gasteiger partial charge on any atom is -0.317 e. The van der Waals surface area contributed by atoms with Crippen LogP contribution in [-0.4, -0.2) is 29.4 Å². The molecule has 1 heterocycles. The predicted molar refractivity (Wildman–Crippen MR) is 32.2 cm³/mol. The van der Waals surface area contributed by atoms with Gasteiger partial charge in [0.05, 0.1) is 0 Å². The van der Waals surface area contributed by atoms with Crippen molar-refractivity contribution in [3.05, 3.63) is 0 Å². The van der Waals surface area contributed by atoms with Crippen molar-refractivity contribution in [3.8, 4) is 0 Å². The Hall–Kier alpha value is 0.492. The highest BCUT2D eigenvalue weighted by Crippen LogP contribution is 2.58. The molecule has 0 bridgehead atoms. The molecular weight excluding hydrogens is 101 g/mol. The summed E-state index contributed by atoms with van der Waals surface area (Å²) in [4.78, 5) is 0. The van der Waals surface area contributed by atoms with E-state index in [4.69, 9.17) is 0 Å². The van der Waals surface area contributed by atoms with Crippen LogP contribution in [0.4, 0.5) is 0 Å². The molecule has 0 aromatic heterocycles. The van der Waals surface area contributed by atoms with Gasteiger partial charge in [0.2, 0.25) is 16.3 Å². The van der Waals surface area contributed by atoms with Gasteiger partial charge in [0.15, 0.2) is 0 Å². The van der Waals surface area contributed by atoms with Crippen LogP contribution >= 0.6 is 0 Å². The van der Waals surface area contributed by atoms with Crippen molar-refractivity contribution >= 4 is 16.3 Å². The normalized spacial score (nSPS) is 56.9. The first-order valence-corrected chi connectivity index (χ1v) is 4.02. The zero-order valence-corrected chi connectivity index (χ0v) is 6.70. The highest BCUT2D eigenvalue weighted by Gasteiger charge is 2.52. The highest BCUT2D eigenvalue weighted by molar-refractivity contribution is 6.18. The van der Waals surface area contributed by atoms with Gasteiger partial charge in [0, 0.05) is 0 Å². The maximum Gasteiger partial charge on any atom is 0.223 e. The van der Waals surface area contributed by atoms with Gasteiger partial charge in [-0.1, -0.05) is 10.7 Å². The maximum absolute atomic E-state index is 3.40. The van der Waals surface area contributed by atoms with Crippen molar-refractivity contribution in [1.29, 1.82) is 0 Å². The molecule has 0 unspecified atom stereocenters. The summed E-state index contributed by atoms with van der Waals surface area (Å²) >= 11 is 1.42. The lowest BCUT2D eigenvalue weighted by Crippen LogP contribution is -2.12. The predicted octanol–water partition coefficient (Wildman–Crippen LogP) is -0.599. The van der Waals surface area contributed by atoms with Crippen LogP contribution in [0.15, 0.2) is 0 Å². The van der Waals surface area contributed by atoms with Gasteiger partial charge in [-0.15, -0.1) is 0 Å². The van der Waals surface area contributed by atoms with E-state index < -0.39 is 0 Å². The van der Waals surface area contributed by atoms with E-state index in [-0.39, 0.29) is 0 Å². The number of hydrogen-bond acceptors (Lipinski definition) is 1. The lowest BCUT2D eigenvalue weighted by atomic mass is 10.4. The third-order valence-electron chi connectivity index (χ3n) is 2.46. The van der Waals surface area contributed by atoms with Crippen LogP contribution in [0.2, 0.25) is 4.28 Å². The van der Waals surface area contributed by atoms with Crippen molar-refractivity contribution in [2.24, 2.45) is 5.92 Å². The van der Waals surface area contributed by atoms with E-state index in [1.165, 1.54) is 29.4 Å². The number of rotatable bonds is 0. The van der Waals surface area contributed by atoms with Crippen LogP contribution < -0.4 is 5.32 Å². The molecule has 0 aromatic carbocycles. The summed E-state index contributed by atoms with van der Waals surface area (Å²) < 4.78 is 0.889. The number of piperidine rings is 1. The van der Waals surface area contributed by atoms with Crippen LogP contribution in [0.25, 0.3) is 0 Å². The Bertz CT molecular complexity index is 102. The summed E-state index contributed by atoms with van der Waals surface area (Å²) in [5.74, 6) is 1.11. The quantitative estimate of drug-likeness (QED) is 0.412. The summed E-state index contributed by atoms with van der Waals surface area (Å²) in [6, 6.07) is 0. The lowest BCUT2D eigenvalue weighted by Gasteiger charge is -1.97. The topological polar surface area (TPSA) is 12.0 Å². The fourth-order valence-electron chi connectivity index (χ4n) is 1.57. The molecular formula is C5H10AlN. The summed E-state index contributed by atoms with van der Waals surface area (Å²) in [6.45, 7) is 2.66. The van der Waals surface area contributed by atoms with Gasteiger partial charge in [-0.25, -0.2) is 0 Å². The van der Waals surface area contributed by atoms with Crippen molar-refractivity contribution in [2.75, 3.05) is 13.1 Å². The monoisotopic (exact) mass is 111 g/mol. The number of nitrogens with one attached hydrogen (secondary N) is 1. The van der Waals surface area contributed by atoms with Gasteiger partial charge in [0.25, 0.3) is 0 Å². The Balaban J connectivity index is 2.17. The Kier molecular flexibility index (Phi) is 0.673. The summed E-state index contributed by atoms with van der Waals surface area (Å²) in [7, 11) is 0. The van der Waals surface area contributed by atoms with Crippen LogP contribution in [0, 0.1) is 5.92 Å². The second kappa shape index (κ2) is 1.08. The number of hydrogen-bond donors (Lipinski definition) is 1. The van der Waals surface area contributed by atoms with E-state index in [9.17, 15) is 0 Å². The van der Waals surface area contributed by atoms with E-state index in [2.05, 4.69) is 5.32 Å². The molecule has 1 saturated carbocycles. The second-order valence-electron chi connectivity index (χ2n) is 3.19. The molecule has 0 aromatic rings. The molecule has 38 valence electrons. The van der Waals surface area contributed by atoms with Crippen LogP contribution in [0.1, 0.15) is 6.42 Å². The van der Waals surface area contributed by atoms with Gasteiger partial charge < -0.3 is 5.32 Å². The van der Waals surface area contributed by atoms with Crippen molar-refractivity contribution in [3.63, 3.8) is 0 Å². The molecule has 0 spiro atoms. The number of fused-ring (bicyclic) bond motifs is 1. The first kappa shape index (κ1) is 4.38. The molecule has 1 N–H and O–H groups in total. The Morgan fingerprint density at radius 2 is 2.57 bits per heavy atom. The third kappa shape index (κ3) is 0.482. The van der Waals surface area contributed by atoms with Gasteiger partial charge in [0.1, 0.15) is 0 Å². The lowest BCUT2D eigenvalue weighted by molar-refractivity contribution is 0.736. The van der Waals surface area contributed by atoms with Crippen LogP contribution in [0.5, 0.6) is 0 Å². The molecule has 2 heteroatoms. The molecule has 1 saturated heterocycles. The zero-order chi connectivity index (χ0) is 4.91. The average Bonchev–Trinajstić information content (AvgIpc) is 2.09. The minimum absolute atomic E-state index is 0.889. The standard InChI is InChI=1S/C5H8N.Al.2H/c1-4-2-6-3-5(1)4;;;/h4,6H,1-3H2;;;/t4-;;;/m1.../s1. The molecule has 1 aliphatic heterocycles. The largest absolute Gasteiger partial charge is 0.317 e. The summed E-state index contributed by atoms with van der Waals surface area (Å²) in [5, 5.41) is 3.40. The van der Waals surface area contributed by atoms with Crippen LogP contribution in [-0.2, 0) is 0 Å². The van der Waals surface area contributed by atoms with Gasteiger partial charge in [-0.05, 0) is 19.0 Å². The molecule has 0 amide bonds. The Morgan fingerprint density at radius 1 is 1.71 bits per heavy atom. The molecule has 0 radical (unpaired) electrons. The van der Waals surface area contributed by atoms with Crippen LogP contribution in [0.3, 0.4) is 0 Å². The Labute approximate surface area is 51.9 Å². The van der Waals surface area contributed by atoms with Crippen molar-refractivity contribution < 1.29 is 0 Å². The van der Waals surface area contributed by atoms with E-state index in [1.807, 2.05) is 0 Å². The second-order valence-corrected chi connectivity index (χ2v) is 5.18. The first-order valence-electron chi connectivity index (χ1n) is 3.02. The zero-order valence-electron chi connectivity index (χ0n) is 4.70. The highest BCUT2D eigenvalue weighted by atomic mass is 27.0. The molecule has 1 aliphatic carbocycles. The van der Waals surface area contributed by atoms with Crippen molar-refractivity contribution in [2.45, 2.75) is 10.7 Å². The third-order valence-corrected chi connectivity index (χ3v) is 4.04. The fourth-order valence-corrected chi connectivity index (χ4v) is 2.52. The molecule has 7 heavy (non-hydrogen) atoms. The molecule has 2 atom stereocenters. The smallest absolute Gasteiger partial charge is 0.223 e. The van der Waals surface area contributed by atoms with E-state index >= 15 is 0 Å². The van der Waals surface area contributed by atoms with Gasteiger partial charge in [-0.2, -0.15) is 0 Å².